The second kappa shape index (κ2) is 8.12. The van der Waals surface area contributed by atoms with Crippen molar-refractivity contribution in [1.29, 1.82) is 0 Å². The van der Waals surface area contributed by atoms with E-state index >= 15 is 0 Å². The molecular weight excluding hydrogens is 328 g/mol. The van der Waals surface area contributed by atoms with E-state index in [-0.39, 0.29) is 11.7 Å². The molecule has 0 aliphatic rings. The summed E-state index contributed by atoms with van der Waals surface area (Å²) in [5, 5.41) is 2.58. The predicted molar refractivity (Wildman–Crippen MR) is 92.4 cm³/mol. The van der Waals surface area contributed by atoms with Crippen LogP contribution in [0.15, 0.2) is 47.1 Å². The number of sulfone groups is 1. The van der Waals surface area contributed by atoms with Gasteiger partial charge in [0.1, 0.15) is 15.6 Å². The topological polar surface area (TPSA) is 79.6 Å². The molecule has 0 unspecified atom stereocenters. The van der Waals surface area contributed by atoms with Crippen molar-refractivity contribution in [2.24, 2.45) is 0 Å². The van der Waals surface area contributed by atoms with E-state index in [1.807, 2.05) is 29.2 Å². The Balaban J connectivity index is 2.07. The maximum absolute atomic E-state index is 11.6. The van der Waals surface area contributed by atoms with E-state index in [2.05, 4.69) is 5.32 Å². The molecule has 0 spiro atoms. The van der Waals surface area contributed by atoms with E-state index in [0.717, 1.165) is 11.3 Å². The van der Waals surface area contributed by atoms with Crippen LogP contribution in [0.3, 0.4) is 0 Å². The van der Waals surface area contributed by atoms with E-state index in [9.17, 15) is 13.2 Å². The zero-order valence-corrected chi connectivity index (χ0v) is 14.7. The molecule has 24 heavy (non-hydrogen) atoms. The second-order valence-electron chi connectivity index (χ2n) is 5.70. The number of rotatable bonds is 8. The molecular formula is C17H22N2O4S. The van der Waals surface area contributed by atoms with Crippen LogP contribution < -0.4 is 5.32 Å². The van der Waals surface area contributed by atoms with E-state index in [0.29, 0.717) is 25.2 Å². The first-order valence-electron chi connectivity index (χ1n) is 7.61. The molecule has 1 aromatic heterocycles. The molecule has 1 amide bonds. The molecule has 0 bridgehead atoms. The van der Waals surface area contributed by atoms with Crippen LogP contribution in [0.1, 0.15) is 21.7 Å². The van der Waals surface area contributed by atoms with Crippen LogP contribution in [0.2, 0.25) is 0 Å². The van der Waals surface area contributed by atoms with Gasteiger partial charge >= 0.3 is 0 Å². The number of hydrogen-bond donors (Lipinski definition) is 1. The summed E-state index contributed by atoms with van der Waals surface area (Å²) >= 11 is 0. The van der Waals surface area contributed by atoms with Gasteiger partial charge in [-0.1, -0.05) is 12.1 Å². The highest BCUT2D eigenvalue weighted by Crippen LogP contribution is 2.12. The number of amides is 1. The molecule has 0 radical (unpaired) electrons. The smallest absolute Gasteiger partial charge is 0.251 e. The molecule has 0 aliphatic heterocycles. The van der Waals surface area contributed by atoms with Crippen LogP contribution in [0, 0.1) is 0 Å². The second-order valence-corrected chi connectivity index (χ2v) is 7.96. The van der Waals surface area contributed by atoms with Crippen LogP contribution in [0.25, 0.3) is 0 Å². The third-order valence-electron chi connectivity index (χ3n) is 3.59. The first kappa shape index (κ1) is 18.2. The molecule has 1 aromatic carbocycles. The van der Waals surface area contributed by atoms with Gasteiger partial charge in [0.05, 0.1) is 18.6 Å². The lowest BCUT2D eigenvalue weighted by atomic mass is 10.1. The Morgan fingerprint density at radius 2 is 1.88 bits per heavy atom. The highest BCUT2D eigenvalue weighted by molar-refractivity contribution is 7.90. The highest BCUT2D eigenvalue weighted by Gasteiger charge is 2.13. The Bertz CT molecular complexity index is 752. The van der Waals surface area contributed by atoms with Crippen LogP contribution in [0.4, 0.5) is 0 Å². The fraction of sp³-hybridized carbons (Fsp3) is 0.353. The van der Waals surface area contributed by atoms with Crippen molar-refractivity contribution < 1.29 is 17.6 Å². The zero-order chi connectivity index (χ0) is 17.6. The quantitative estimate of drug-likeness (QED) is 0.784. The molecule has 2 aromatic rings. The van der Waals surface area contributed by atoms with Crippen LogP contribution >= 0.6 is 0 Å². The number of benzene rings is 1. The summed E-state index contributed by atoms with van der Waals surface area (Å²) in [6, 6.07) is 10.9. The summed E-state index contributed by atoms with van der Waals surface area (Å²) in [6.45, 7) is 1.51. The highest BCUT2D eigenvalue weighted by atomic mass is 32.2. The van der Waals surface area contributed by atoms with Gasteiger partial charge < -0.3 is 9.73 Å². The summed E-state index contributed by atoms with van der Waals surface area (Å²) in [7, 11) is -1.45. The van der Waals surface area contributed by atoms with Crippen LogP contribution in [-0.2, 0) is 22.9 Å². The molecule has 0 saturated carbocycles. The minimum atomic E-state index is -3.04. The lowest BCUT2D eigenvalue weighted by Crippen LogP contribution is -2.28. The Morgan fingerprint density at radius 3 is 2.42 bits per heavy atom. The summed E-state index contributed by atoms with van der Waals surface area (Å²) in [5.41, 5.74) is 1.60. The van der Waals surface area contributed by atoms with Gasteiger partial charge in [0.2, 0.25) is 0 Å². The molecule has 1 N–H and O–H groups in total. The molecule has 6 nitrogen and oxygen atoms in total. The summed E-state index contributed by atoms with van der Waals surface area (Å²) < 4.78 is 28.3. The summed E-state index contributed by atoms with van der Waals surface area (Å²) in [4.78, 5) is 13.6. The number of hydrogen-bond acceptors (Lipinski definition) is 5. The average Bonchev–Trinajstić information content (AvgIpc) is 3.05. The Hall–Kier alpha value is -2.12. The van der Waals surface area contributed by atoms with Gasteiger partial charge in [-0.2, -0.15) is 0 Å². The number of carbonyl (C=O) groups excluding carboxylic acids is 1. The van der Waals surface area contributed by atoms with Crippen molar-refractivity contribution in [3.05, 3.63) is 59.5 Å². The van der Waals surface area contributed by atoms with Crippen molar-refractivity contribution in [3.63, 3.8) is 0 Å². The zero-order valence-electron chi connectivity index (χ0n) is 13.9. The van der Waals surface area contributed by atoms with Gasteiger partial charge in [0, 0.05) is 32.0 Å². The molecule has 130 valence electrons. The fourth-order valence-electron chi connectivity index (χ4n) is 2.30. The van der Waals surface area contributed by atoms with E-state index < -0.39 is 9.84 Å². The summed E-state index contributed by atoms with van der Waals surface area (Å²) in [6.07, 6.45) is 2.83. The van der Waals surface area contributed by atoms with Crippen LogP contribution in [-0.4, -0.2) is 44.8 Å². The Kier molecular flexibility index (Phi) is 6.16. The van der Waals surface area contributed by atoms with Crippen molar-refractivity contribution in [2.75, 3.05) is 25.6 Å². The Labute approximate surface area is 142 Å². The first-order valence-corrected chi connectivity index (χ1v) is 9.67. The lowest BCUT2D eigenvalue weighted by molar-refractivity contribution is 0.0963. The number of carbonyl (C=O) groups is 1. The van der Waals surface area contributed by atoms with Crippen molar-refractivity contribution in [2.45, 2.75) is 13.1 Å². The van der Waals surface area contributed by atoms with Gasteiger partial charge in [-0.3, -0.25) is 9.69 Å². The molecule has 0 fully saturated rings. The van der Waals surface area contributed by atoms with Gasteiger partial charge in [0.15, 0.2) is 0 Å². The maximum Gasteiger partial charge on any atom is 0.251 e. The summed E-state index contributed by atoms with van der Waals surface area (Å²) in [5.74, 6) is 0.737. The number of furan rings is 1. The lowest BCUT2D eigenvalue weighted by Gasteiger charge is -2.21. The number of nitrogens with zero attached hydrogens (tertiary/aromatic N) is 1. The predicted octanol–water partition coefficient (Wildman–Crippen LogP) is 1.69. The maximum atomic E-state index is 11.6. The molecule has 0 saturated heterocycles. The third-order valence-corrected chi connectivity index (χ3v) is 4.51. The van der Waals surface area contributed by atoms with Crippen molar-refractivity contribution in [1.82, 2.24) is 10.2 Å². The van der Waals surface area contributed by atoms with E-state index in [4.69, 9.17) is 4.42 Å². The van der Waals surface area contributed by atoms with Crippen LogP contribution in [0.5, 0.6) is 0 Å². The normalized spacial score (nSPS) is 11.6. The third kappa shape index (κ3) is 5.82. The van der Waals surface area contributed by atoms with E-state index in [1.54, 1.807) is 25.4 Å². The molecule has 1 heterocycles. The average molecular weight is 350 g/mol. The SMILES string of the molecule is CNC(=O)c1ccc(CN(CCS(C)(=O)=O)Cc2ccco2)cc1. The standard InChI is InChI=1S/C17H22N2O4S/c1-18-17(20)15-7-5-14(6-8-15)12-19(9-11-24(2,21)22)13-16-4-3-10-23-16/h3-8,10H,9,11-13H2,1-2H3,(H,18,20). The molecule has 0 aliphatic carbocycles. The number of nitrogens with one attached hydrogen (secondary N) is 1. The first-order chi connectivity index (χ1) is 11.4. The van der Waals surface area contributed by atoms with Gasteiger partial charge in [-0.05, 0) is 29.8 Å². The van der Waals surface area contributed by atoms with Gasteiger partial charge in [0.25, 0.3) is 5.91 Å². The molecule has 0 atom stereocenters. The van der Waals surface area contributed by atoms with Gasteiger partial charge in [-0.25, -0.2) is 8.42 Å². The van der Waals surface area contributed by atoms with Crippen molar-refractivity contribution in [3.8, 4) is 0 Å². The minimum Gasteiger partial charge on any atom is -0.468 e. The monoisotopic (exact) mass is 350 g/mol. The molecule has 2 rings (SSSR count). The molecule has 7 heteroatoms. The van der Waals surface area contributed by atoms with Gasteiger partial charge in [-0.15, -0.1) is 0 Å². The minimum absolute atomic E-state index is 0.0873. The fourth-order valence-corrected chi connectivity index (χ4v) is 2.89. The van der Waals surface area contributed by atoms with Crippen molar-refractivity contribution >= 4 is 15.7 Å². The Morgan fingerprint density at radius 1 is 1.17 bits per heavy atom. The largest absolute Gasteiger partial charge is 0.468 e. The van der Waals surface area contributed by atoms with E-state index in [1.165, 1.54) is 6.26 Å².